The minimum atomic E-state index is -0.151. The summed E-state index contributed by atoms with van der Waals surface area (Å²) in [6.45, 7) is 6.28. The second kappa shape index (κ2) is 9.36. The maximum atomic E-state index is 13.6. The van der Waals surface area contributed by atoms with Crippen LogP contribution in [0.4, 0.5) is 5.13 Å². The first-order chi connectivity index (χ1) is 15.5. The summed E-state index contributed by atoms with van der Waals surface area (Å²) in [5, 5.41) is 0.603. The third-order valence-corrected chi connectivity index (χ3v) is 6.12. The smallest absolute Gasteiger partial charge is 0.260 e. The topological polar surface area (TPSA) is 64.5 Å². The van der Waals surface area contributed by atoms with Gasteiger partial charge in [-0.15, -0.1) is 0 Å². The minimum absolute atomic E-state index is 0.0678. The number of hydrogen-bond acceptors (Lipinski definition) is 6. The number of amides is 1. The standard InChI is InChI=1S/C25H25N3O3S/c1-16(2)31-20-11-9-18(10-12-20)24(29)28(15-19-7-5-6-14-26-19)25-27-22-21(30-4)13-8-17(3)23(22)32-25/h5-14,16H,15H2,1-4H3. The second-order valence-corrected chi connectivity index (χ2v) is 8.64. The second-order valence-electron chi connectivity index (χ2n) is 7.66. The molecule has 2 heterocycles. The molecule has 7 heteroatoms. The monoisotopic (exact) mass is 447 g/mol. The van der Waals surface area contributed by atoms with Gasteiger partial charge in [0.2, 0.25) is 0 Å². The highest BCUT2D eigenvalue weighted by Crippen LogP contribution is 2.37. The van der Waals surface area contributed by atoms with Gasteiger partial charge in [0.05, 0.1) is 30.2 Å². The van der Waals surface area contributed by atoms with Crippen molar-refractivity contribution in [2.45, 2.75) is 33.4 Å². The molecule has 4 aromatic rings. The van der Waals surface area contributed by atoms with Crippen molar-refractivity contribution < 1.29 is 14.3 Å². The van der Waals surface area contributed by atoms with Crippen molar-refractivity contribution in [3.63, 3.8) is 0 Å². The highest BCUT2D eigenvalue weighted by atomic mass is 32.1. The lowest BCUT2D eigenvalue weighted by Gasteiger charge is -2.20. The van der Waals surface area contributed by atoms with Gasteiger partial charge in [-0.05, 0) is 68.8 Å². The highest BCUT2D eigenvalue weighted by molar-refractivity contribution is 7.22. The first kappa shape index (κ1) is 21.8. The molecule has 0 N–H and O–H groups in total. The van der Waals surface area contributed by atoms with Crippen LogP contribution in [0.1, 0.15) is 35.5 Å². The predicted molar refractivity (Wildman–Crippen MR) is 128 cm³/mol. The lowest BCUT2D eigenvalue weighted by Crippen LogP contribution is -2.30. The van der Waals surface area contributed by atoms with Crippen molar-refractivity contribution in [3.8, 4) is 11.5 Å². The summed E-state index contributed by atoms with van der Waals surface area (Å²) in [5.74, 6) is 1.27. The number of benzene rings is 2. The molecule has 0 saturated heterocycles. The maximum Gasteiger partial charge on any atom is 0.260 e. The number of thiazole rings is 1. The summed E-state index contributed by atoms with van der Waals surface area (Å²) in [5.41, 5.74) is 3.18. The molecule has 0 aliphatic rings. The molecule has 164 valence electrons. The molecule has 0 aliphatic heterocycles. The fraction of sp³-hybridized carbons (Fsp3) is 0.240. The number of methoxy groups -OCH3 is 1. The van der Waals surface area contributed by atoms with Crippen LogP contribution in [0.15, 0.2) is 60.8 Å². The quantitative estimate of drug-likeness (QED) is 0.367. The molecule has 2 aromatic heterocycles. The summed E-state index contributed by atoms with van der Waals surface area (Å²) >= 11 is 1.48. The minimum Gasteiger partial charge on any atom is -0.494 e. The molecule has 0 fully saturated rings. The molecule has 4 rings (SSSR count). The van der Waals surface area contributed by atoms with Crippen LogP contribution in [-0.2, 0) is 6.54 Å². The summed E-state index contributed by atoms with van der Waals surface area (Å²) in [4.78, 5) is 24.5. The van der Waals surface area contributed by atoms with E-state index in [1.807, 2.05) is 63.2 Å². The molecule has 0 atom stereocenters. The van der Waals surface area contributed by atoms with E-state index in [0.717, 1.165) is 27.2 Å². The van der Waals surface area contributed by atoms with Gasteiger partial charge in [0.25, 0.3) is 5.91 Å². The predicted octanol–water partition coefficient (Wildman–Crippen LogP) is 5.64. The van der Waals surface area contributed by atoms with E-state index < -0.39 is 0 Å². The molecule has 0 aliphatic carbocycles. The maximum absolute atomic E-state index is 13.6. The first-order valence-corrected chi connectivity index (χ1v) is 11.2. The average molecular weight is 448 g/mol. The van der Waals surface area contributed by atoms with Crippen LogP contribution >= 0.6 is 11.3 Å². The lowest BCUT2D eigenvalue weighted by molar-refractivity contribution is 0.0984. The van der Waals surface area contributed by atoms with Gasteiger partial charge >= 0.3 is 0 Å². The summed E-state index contributed by atoms with van der Waals surface area (Å²) < 4.78 is 12.2. The number of nitrogens with zero attached hydrogens (tertiary/aromatic N) is 3. The molecule has 0 spiro atoms. The third kappa shape index (κ3) is 4.57. The normalized spacial score (nSPS) is 11.0. The van der Waals surface area contributed by atoms with Crippen molar-refractivity contribution in [1.82, 2.24) is 9.97 Å². The van der Waals surface area contributed by atoms with E-state index in [2.05, 4.69) is 4.98 Å². The largest absolute Gasteiger partial charge is 0.494 e. The van der Waals surface area contributed by atoms with Crippen LogP contribution in [0, 0.1) is 6.92 Å². The molecule has 0 unspecified atom stereocenters. The van der Waals surface area contributed by atoms with Gasteiger partial charge in [-0.25, -0.2) is 4.98 Å². The molecule has 6 nitrogen and oxygen atoms in total. The van der Waals surface area contributed by atoms with Gasteiger partial charge in [-0.1, -0.05) is 23.5 Å². The van der Waals surface area contributed by atoms with E-state index in [1.54, 1.807) is 30.3 Å². The molecular formula is C25H25N3O3S. The van der Waals surface area contributed by atoms with Crippen molar-refractivity contribution in [3.05, 3.63) is 77.6 Å². The summed E-state index contributed by atoms with van der Waals surface area (Å²) in [6.07, 6.45) is 1.79. The van der Waals surface area contributed by atoms with Gasteiger partial charge in [0.1, 0.15) is 17.0 Å². The van der Waals surface area contributed by atoms with Gasteiger partial charge in [0, 0.05) is 11.8 Å². The van der Waals surface area contributed by atoms with Gasteiger partial charge in [-0.2, -0.15) is 0 Å². The number of pyridine rings is 1. The number of hydrogen-bond donors (Lipinski definition) is 0. The van der Waals surface area contributed by atoms with E-state index in [4.69, 9.17) is 14.5 Å². The fourth-order valence-corrected chi connectivity index (χ4v) is 4.41. The first-order valence-electron chi connectivity index (χ1n) is 10.4. The Morgan fingerprint density at radius 3 is 2.53 bits per heavy atom. The van der Waals surface area contributed by atoms with E-state index in [1.165, 1.54) is 11.3 Å². The zero-order valence-electron chi connectivity index (χ0n) is 18.5. The number of fused-ring (bicyclic) bond motifs is 1. The summed E-state index contributed by atoms with van der Waals surface area (Å²) in [6, 6.07) is 16.8. The molecule has 32 heavy (non-hydrogen) atoms. The molecule has 1 amide bonds. The van der Waals surface area contributed by atoms with Crippen LogP contribution in [-0.4, -0.2) is 29.1 Å². The Hall–Kier alpha value is -3.45. The number of aromatic nitrogens is 2. The number of aryl methyl sites for hydroxylation is 1. The molecule has 2 aromatic carbocycles. The highest BCUT2D eigenvalue weighted by Gasteiger charge is 2.24. The van der Waals surface area contributed by atoms with Gasteiger partial charge in [0.15, 0.2) is 5.13 Å². The Labute approximate surface area is 191 Å². The molecule has 0 saturated carbocycles. The van der Waals surface area contributed by atoms with Crippen LogP contribution in [0.3, 0.4) is 0 Å². The van der Waals surface area contributed by atoms with Crippen LogP contribution in [0.2, 0.25) is 0 Å². The number of ether oxygens (including phenoxy) is 2. The van der Waals surface area contributed by atoms with Crippen molar-refractivity contribution in [2.24, 2.45) is 0 Å². The average Bonchev–Trinajstić information content (AvgIpc) is 3.24. The molecule has 0 bridgehead atoms. The van der Waals surface area contributed by atoms with Crippen LogP contribution < -0.4 is 14.4 Å². The SMILES string of the molecule is COc1ccc(C)c2sc(N(Cc3ccccn3)C(=O)c3ccc(OC(C)C)cc3)nc12. The fourth-order valence-electron chi connectivity index (χ4n) is 3.36. The number of carbonyl (C=O) groups is 1. The van der Waals surface area contributed by atoms with E-state index in [-0.39, 0.29) is 12.0 Å². The lowest BCUT2D eigenvalue weighted by atomic mass is 10.2. The Balaban J connectivity index is 1.74. The van der Waals surface area contributed by atoms with Crippen LogP contribution in [0.25, 0.3) is 10.2 Å². The van der Waals surface area contributed by atoms with E-state index in [0.29, 0.717) is 23.0 Å². The summed E-state index contributed by atoms with van der Waals surface area (Å²) in [7, 11) is 1.63. The number of carbonyl (C=O) groups excluding carboxylic acids is 1. The molecular weight excluding hydrogens is 422 g/mol. The van der Waals surface area contributed by atoms with E-state index in [9.17, 15) is 4.79 Å². The number of anilines is 1. The van der Waals surface area contributed by atoms with Crippen LogP contribution in [0.5, 0.6) is 11.5 Å². The van der Waals surface area contributed by atoms with Gasteiger partial charge < -0.3 is 9.47 Å². The van der Waals surface area contributed by atoms with Crippen molar-refractivity contribution >= 4 is 32.6 Å². The van der Waals surface area contributed by atoms with E-state index >= 15 is 0 Å². The zero-order valence-corrected chi connectivity index (χ0v) is 19.3. The zero-order chi connectivity index (χ0) is 22.7. The molecule has 0 radical (unpaired) electrons. The van der Waals surface area contributed by atoms with Crippen molar-refractivity contribution in [1.29, 1.82) is 0 Å². The Kier molecular flexibility index (Phi) is 6.37. The Bertz CT molecular complexity index is 1220. The third-order valence-electron chi connectivity index (χ3n) is 4.91. The Morgan fingerprint density at radius 2 is 1.88 bits per heavy atom. The van der Waals surface area contributed by atoms with Crippen molar-refractivity contribution in [2.75, 3.05) is 12.0 Å². The Morgan fingerprint density at radius 1 is 1.09 bits per heavy atom. The van der Waals surface area contributed by atoms with Gasteiger partial charge in [-0.3, -0.25) is 14.7 Å². The number of rotatable bonds is 7.